The van der Waals surface area contributed by atoms with E-state index >= 15 is 0 Å². The predicted octanol–water partition coefficient (Wildman–Crippen LogP) is 36.1. The van der Waals surface area contributed by atoms with Crippen molar-refractivity contribution in [3.05, 3.63) is 492 Å². The second-order valence-corrected chi connectivity index (χ2v) is 40.3. The minimum Gasteiger partial charge on any atom is -0.310 e. The molecule has 0 saturated heterocycles. The zero-order chi connectivity index (χ0) is 91.1. The van der Waals surface area contributed by atoms with Crippen LogP contribution in [0.15, 0.2) is 437 Å². The SMILES string of the molecule is CC1(C)c2ccccc2-c2ccc(N(c3ccc(-c4ccccc4)cc3)c3ccc4c(c3)C(C)(C)c3cc5c(N(c6ccc(-c7ccccc7)cc6)c6ccc7c(c6)C(C)(C)c6ccccc6-7)c6ccc(N(c7ccc(-c8ccccc8)cc7)c7ccc8c(c7)C(C)(C)c7ccccc7-8)cc6c(N(c6ccc(-c7ccccc7)cc6)c6ccc7c(c6)C(C)(C)c6ccccc6-7)c5cc3-4)cc21. The summed E-state index contributed by atoms with van der Waals surface area (Å²) in [6.45, 7) is 24.3. The van der Waals surface area contributed by atoms with Crippen LogP contribution in [-0.4, -0.2) is 0 Å². The summed E-state index contributed by atoms with van der Waals surface area (Å²) in [4.78, 5) is 10.4. The van der Waals surface area contributed by atoms with Crippen LogP contribution >= 0.6 is 0 Å². The van der Waals surface area contributed by atoms with Crippen molar-refractivity contribution in [3.8, 4) is 100 Å². The van der Waals surface area contributed by atoms with E-state index in [1.807, 2.05) is 0 Å². The Labute approximate surface area is 792 Å². The first-order valence-electron chi connectivity index (χ1n) is 47.8. The van der Waals surface area contributed by atoms with Gasteiger partial charge in [-0.25, -0.2) is 0 Å². The molecule has 0 bridgehead atoms. The lowest BCUT2D eigenvalue weighted by Crippen LogP contribution is -2.19. The lowest BCUT2D eigenvalue weighted by Gasteiger charge is -2.35. The molecule has 646 valence electrons. The minimum atomic E-state index is -0.559. The van der Waals surface area contributed by atoms with Gasteiger partial charge in [0.25, 0.3) is 0 Å². The smallest absolute Gasteiger partial charge is 0.0620 e. The summed E-state index contributed by atoms with van der Waals surface area (Å²) < 4.78 is 0. The molecule has 4 heteroatoms. The molecule has 135 heavy (non-hydrogen) atoms. The molecule has 4 nitrogen and oxygen atoms in total. The van der Waals surface area contributed by atoms with Crippen LogP contribution in [0.1, 0.15) is 125 Å². The molecular formula is C131H102N4. The van der Waals surface area contributed by atoms with Crippen molar-refractivity contribution >= 4 is 89.8 Å². The van der Waals surface area contributed by atoms with E-state index in [9.17, 15) is 0 Å². The van der Waals surface area contributed by atoms with Gasteiger partial charge in [0.1, 0.15) is 0 Å². The average Bonchev–Trinajstić information content (AvgIpc) is 1.58. The molecule has 0 atom stereocenters. The summed E-state index contributed by atoms with van der Waals surface area (Å²) in [5.41, 5.74) is 46.1. The topological polar surface area (TPSA) is 13.0 Å². The lowest BCUT2D eigenvalue weighted by atomic mass is 9.81. The molecule has 0 unspecified atom stereocenters. The Morgan fingerprint density at radius 1 is 0.126 bits per heavy atom. The summed E-state index contributed by atoms with van der Waals surface area (Å²) in [5, 5.41) is 4.39. The third-order valence-electron chi connectivity index (χ3n) is 31.0. The van der Waals surface area contributed by atoms with Crippen molar-refractivity contribution < 1.29 is 0 Å². The van der Waals surface area contributed by atoms with Crippen LogP contribution in [0, 0.1) is 0 Å². The first kappa shape index (κ1) is 81.1. The molecule has 5 aliphatic carbocycles. The normalized spacial score (nSPS) is 14.4. The molecule has 0 N–H and O–H groups in total. The summed E-state index contributed by atoms with van der Waals surface area (Å²) in [6, 6.07) is 166. The predicted molar refractivity (Wildman–Crippen MR) is 570 cm³/mol. The Balaban J connectivity index is 0.801. The van der Waals surface area contributed by atoms with Gasteiger partial charge in [-0.15, -0.1) is 0 Å². The second-order valence-electron chi connectivity index (χ2n) is 40.3. The molecule has 0 fully saturated rings. The molecule has 0 spiro atoms. The van der Waals surface area contributed by atoms with Crippen LogP contribution in [0.3, 0.4) is 0 Å². The first-order chi connectivity index (χ1) is 65.7. The molecule has 0 saturated carbocycles. The van der Waals surface area contributed by atoms with Crippen molar-refractivity contribution in [2.45, 2.75) is 96.3 Å². The molecule has 5 aliphatic rings. The summed E-state index contributed by atoms with van der Waals surface area (Å²) >= 11 is 0. The number of nitrogens with zero attached hydrogens (tertiary/aromatic N) is 4. The summed E-state index contributed by atoms with van der Waals surface area (Å²) in [6.07, 6.45) is 0. The fourth-order valence-corrected chi connectivity index (χ4v) is 23.9. The number of rotatable bonds is 16. The molecule has 0 amide bonds. The molecule has 20 aromatic rings. The maximum atomic E-state index is 2.66. The van der Waals surface area contributed by atoms with E-state index in [0.29, 0.717) is 0 Å². The maximum absolute atomic E-state index is 2.66. The quantitative estimate of drug-likeness (QED) is 0.0706. The van der Waals surface area contributed by atoms with Gasteiger partial charge in [0.2, 0.25) is 0 Å². The van der Waals surface area contributed by atoms with Gasteiger partial charge in [-0.3, -0.25) is 0 Å². The van der Waals surface area contributed by atoms with E-state index in [4.69, 9.17) is 0 Å². The van der Waals surface area contributed by atoms with Gasteiger partial charge in [0.05, 0.1) is 11.4 Å². The molecule has 20 aromatic carbocycles. The van der Waals surface area contributed by atoms with E-state index in [-0.39, 0.29) is 21.7 Å². The van der Waals surface area contributed by atoms with E-state index < -0.39 is 5.41 Å². The van der Waals surface area contributed by atoms with Crippen molar-refractivity contribution in [1.82, 2.24) is 0 Å². The van der Waals surface area contributed by atoms with Gasteiger partial charge in [-0.1, -0.05) is 373 Å². The standard InChI is InChI=1S/C131H102N4/c1-127(2)115-43-27-23-39-101(115)105-69-63-96(76-119(105)127)132(91-55-47-87(48-56-91)83-31-15-11-16-32-83)95-68-74-110-112(75-95)126(135(94-61-53-90(54-62-94)86-37-21-14-22-38-86)100-67-72-108-104-42-26-30-46-118(104)130(7,8)122(108)80-100)113-81-111-109-73-65-98(133(92-57-49-88(50-58-92)84-33-17-12-18-34-84)97-64-70-106-102-40-24-28-44-116(102)128(3,4)120(106)77-97)78-123(109)131(9,10)124(111)82-114(113)125(110)134(93-59-51-89(52-60-93)85-35-19-13-20-36-85)99-66-71-107-103-41-25-29-45-117(103)129(5,6)121(107)79-99/h11-82H,1-10H3. The fourth-order valence-electron chi connectivity index (χ4n) is 23.9. The number of benzene rings is 20. The van der Waals surface area contributed by atoms with Crippen molar-refractivity contribution in [2.24, 2.45) is 0 Å². The molecule has 0 heterocycles. The summed E-state index contributed by atoms with van der Waals surface area (Å²) in [5.74, 6) is 0. The van der Waals surface area contributed by atoms with Gasteiger partial charge in [0.15, 0.2) is 0 Å². The molecule has 0 radical (unpaired) electrons. The van der Waals surface area contributed by atoms with Gasteiger partial charge < -0.3 is 19.6 Å². The number of hydrogen-bond donors (Lipinski definition) is 0. The van der Waals surface area contributed by atoms with Crippen molar-refractivity contribution in [3.63, 3.8) is 0 Å². The largest absolute Gasteiger partial charge is 0.310 e. The van der Waals surface area contributed by atoms with E-state index in [0.717, 1.165) is 112 Å². The second kappa shape index (κ2) is 30.6. The highest BCUT2D eigenvalue weighted by atomic mass is 15.2. The zero-order valence-electron chi connectivity index (χ0n) is 77.9. The zero-order valence-corrected chi connectivity index (χ0v) is 77.9. The van der Waals surface area contributed by atoms with Crippen LogP contribution in [-0.2, 0) is 27.1 Å². The van der Waals surface area contributed by atoms with Gasteiger partial charge in [0, 0.05) is 105 Å². The average molecular weight is 1730 g/mol. The summed E-state index contributed by atoms with van der Waals surface area (Å²) in [7, 11) is 0. The first-order valence-corrected chi connectivity index (χ1v) is 47.8. The maximum Gasteiger partial charge on any atom is 0.0620 e. The monoisotopic (exact) mass is 1730 g/mol. The highest BCUT2D eigenvalue weighted by molar-refractivity contribution is 6.25. The van der Waals surface area contributed by atoms with Crippen LogP contribution in [0.4, 0.5) is 68.2 Å². The number of hydrogen-bond acceptors (Lipinski definition) is 4. The Bertz CT molecular complexity index is 8210. The third-order valence-corrected chi connectivity index (χ3v) is 31.0. The fraction of sp³-hybridized carbons (Fsp3) is 0.115. The number of anilines is 12. The van der Waals surface area contributed by atoms with Crippen LogP contribution in [0.5, 0.6) is 0 Å². The van der Waals surface area contributed by atoms with Crippen molar-refractivity contribution in [1.29, 1.82) is 0 Å². The highest BCUT2D eigenvalue weighted by Crippen LogP contribution is 2.62. The van der Waals surface area contributed by atoms with E-state index in [1.54, 1.807) is 0 Å². The molecule has 0 aromatic heterocycles. The Kier molecular flexibility index (Phi) is 18.4. The third kappa shape index (κ3) is 12.7. The van der Waals surface area contributed by atoms with E-state index in [1.165, 1.54) is 134 Å². The van der Waals surface area contributed by atoms with Crippen LogP contribution in [0.2, 0.25) is 0 Å². The molecule has 0 aliphatic heterocycles. The Hall–Kier alpha value is -15.9. The Morgan fingerprint density at radius 2 is 0.319 bits per heavy atom. The van der Waals surface area contributed by atoms with Crippen LogP contribution < -0.4 is 19.6 Å². The van der Waals surface area contributed by atoms with E-state index in [2.05, 4.69) is 526 Å². The lowest BCUT2D eigenvalue weighted by molar-refractivity contribution is 0.660. The Morgan fingerprint density at radius 3 is 0.622 bits per heavy atom. The number of fused-ring (bicyclic) bond motifs is 17. The molecular weight excluding hydrogens is 1630 g/mol. The van der Waals surface area contributed by atoms with Gasteiger partial charge in [-0.2, -0.15) is 0 Å². The highest BCUT2D eigenvalue weighted by Gasteiger charge is 2.44. The van der Waals surface area contributed by atoms with Crippen LogP contribution in [0.25, 0.3) is 122 Å². The van der Waals surface area contributed by atoms with Crippen molar-refractivity contribution in [2.75, 3.05) is 19.6 Å². The molecule has 25 rings (SSSR count). The minimum absolute atomic E-state index is 0.228. The van der Waals surface area contributed by atoms with Gasteiger partial charge in [-0.05, 0) is 289 Å². The van der Waals surface area contributed by atoms with Gasteiger partial charge >= 0.3 is 0 Å².